The third-order valence-electron chi connectivity index (χ3n) is 3.81. The molecular formula is C21H26N2O2S. The summed E-state index contributed by atoms with van der Waals surface area (Å²) in [5, 5.41) is 5.57. The first kappa shape index (κ1) is 20.0. The summed E-state index contributed by atoms with van der Waals surface area (Å²) < 4.78 is 0. The number of carbonyl (C=O) groups is 2. The molecule has 0 aliphatic carbocycles. The topological polar surface area (TPSA) is 58.2 Å². The van der Waals surface area contributed by atoms with Crippen LogP contribution < -0.4 is 10.6 Å². The van der Waals surface area contributed by atoms with Crippen LogP contribution >= 0.6 is 11.8 Å². The Morgan fingerprint density at radius 3 is 2.31 bits per heavy atom. The van der Waals surface area contributed by atoms with Gasteiger partial charge in [-0.15, -0.1) is 11.8 Å². The lowest BCUT2D eigenvalue weighted by Crippen LogP contribution is -2.29. The summed E-state index contributed by atoms with van der Waals surface area (Å²) in [4.78, 5) is 24.9. The fraction of sp³-hybridized carbons (Fsp3) is 0.333. The molecule has 0 radical (unpaired) electrons. The second-order valence-corrected chi connectivity index (χ2v) is 7.91. The minimum atomic E-state index is -0.220. The quantitative estimate of drug-likeness (QED) is 0.727. The molecule has 5 heteroatoms. The summed E-state index contributed by atoms with van der Waals surface area (Å²) in [7, 11) is 0. The van der Waals surface area contributed by atoms with Gasteiger partial charge in [-0.1, -0.05) is 56.3 Å². The molecule has 2 N–H and O–H groups in total. The van der Waals surface area contributed by atoms with Crippen molar-refractivity contribution in [3.05, 3.63) is 65.7 Å². The second-order valence-electron chi connectivity index (χ2n) is 6.58. The van der Waals surface area contributed by atoms with E-state index >= 15 is 0 Å². The monoisotopic (exact) mass is 370 g/mol. The van der Waals surface area contributed by atoms with Crippen molar-refractivity contribution < 1.29 is 9.59 Å². The van der Waals surface area contributed by atoms with E-state index in [9.17, 15) is 9.59 Å². The lowest BCUT2D eigenvalue weighted by molar-refractivity contribution is -0.115. The largest absolute Gasteiger partial charge is 0.352 e. The van der Waals surface area contributed by atoms with E-state index in [1.54, 1.807) is 30.0 Å². The van der Waals surface area contributed by atoms with Gasteiger partial charge in [0, 0.05) is 12.3 Å². The maximum absolute atomic E-state index is 12.5. The Hall–Kier alpha value is -2.27. The molecule has 0 heterocycles. The molecule has 0 spiro atoms. The van der Waals surface area contributed by atoms with E-state index in [1.807, 2.05) is 57.2 Å². The van der Waals surface area contributed by atoms with Crippen LogP contribution in [0.15, 0.2) is 54.6 Å². The number of thioether (sulfide) groups is 1. The minimum Gasteiger partial charge on any atom is -0.352 e. The third kappa shape index (κ3) is 6.23. The summed E-state index contributed by atoms with van der Waals surface area (Å²) in [6.45, 7) is 6.56. The number of carbonyl (C=O) groups excluding carboxylic acids is 2. The predicted molar refractivity (Wildman–Crippen MR) is 109 cm³/mol. The van der Waals surface area contributed by atoms with Gasteiger partial charge in [0.15, 0.2) is 0 Å². The van der Waals surface area contributed by atoms with Crippen molar-refractivity contribution in [2.75, 3.05) is 11.9 Å². The lowest BCUT2D eigenvalue weighted by Gasteiger charge is -2.15. The Morgan fingerprint density at radius 2 is 1.62 bits per heavy atom. The van der Waals surface area contributed by atoms with E-state index in [0.717, 1.165) is 5.75 Å². The van der Waals surface area contributed by atoms with Crippen LogP contribution in [0.25, 0.3) is 0 Å². The third-order valence-corrected chi connectivity index (χ3v) is 5.03. The van der Waals surface area contributed by atoms with Gasteiger partial charge in [-0.25, -0.2) is 0 Å². The molecule has 2 rings (SSSR count). The molecule has 0 aliphatic rings. The van der Waals surface area contributed by atoms with E-state index in [4.69, 9.17) is 0 Å². The van der Waals surface area contributed by atoms with Gasteiger partial charge in [-0.2, -0.15) is 0 Å². The van der Waals surface area contributed by atoms with Gasteiger partial charge in [-0.05, 0) is 30.5 Å². The van der Waals surface area contributed by atoms with Crippen LogP contribution in [0, 0.1) is 5.92 Å². The molecule has 2 amide bonds. The Balaban J connectivity index is 1.96. The van der Waals surface area contributed by atoms with E-state index in [1.165, 1.54) is 5.56 Å². The summed E-state index contributed by atoms with van der Waals surface area (Å²) in [6, 6.07) is 17.2. The van der Waals surface area contributed by atoms with Crippen molar-refractivity contribution in [1.82, 2.24) is 5.32 Å². The summed E-state index contributed by atoms with van der Waals surface area (Å²) in [6.07, 6.45) is 0. The summed E-state index contributed by atoms with van der Waals surface area (Å²) in [5.41, 5.74) is 2.22. The average Bonchev–Trinajstić information content (AvgIpc) is 2.65. The zero-order chi connectivity index (χ0) is 18.9. The Labute approximate surface area is 159 Å². The van der Waals surface area contributed by atoms with E-state index in [0.29, 0.717) is 23.7 Å². The normalized spacial score (nSPS) is 11.8. The van der Waals surface area contributed by atoms with Gasteiger partial charge >= 0.3 is 0 Å². The highest BCUT2D eigenvalue weighted by molar-refractivity contribution is 7.99. The van der Waals surface area contributed by atoms with Crippen molar-refractivity contribution in [1.29, 1.82) is 0 Å². The number of hydrogen-bond acceptors (Lipinski definition) is 3. The van der Waals surface area contributed by atoms with Crippen molar-refractivity contribution >= 4 is 29.3 Å². The van der Waals surface area contributed by atoms with Crippen LogP contribution in [0.3, 0.4) is 0 Å². The number of para-hydroxylation sites is 1. The van der Waals surface area contributed by atoms with Gasteiger partial charge in [0.25, 0.3) is 5.91 Å². The second kappa shape index (κ2) is 10.0. The molecule has 2 aromatic rings. The Bertz CT molecular complexity index is 732. The van der Waals surface area contributed by atoms with E-state index in [-0.39, 0.29) is 17.1 Å². The van der Waals surface area contributed by atoms with Crippen LogP contribution in [0.2, 0.25) is 0 Å². The molecule has 0 aliphatic heterocycles. The zero-order valence-corrected chi connectivity index (χ0v) is 16.3. The molecule has 1 atom stereocenters. The molecule has 4 nitrogen and oxygen atoms in total. The number of amides is 2. The predicted octanol–water partition coefficient (Wildman–Crippen LogP) is 4.33. The molecule has 138 valence electrons. The van der Waals surface area contributed by atoms with Crippen molar-refractivity contribution in [3.8, 4) is 0 Å². The zero-order valence-electron chi connectivity index (χ0n) is 15.5. The first-order chi connectivity index (χ1) is 12.5. The molecule has 0 bridgehead atoms. The standard InChI is InChI=1S/C21H26N2O2S/c1-15(2)13-22-21(25)18-11-7-8-12-19(18)23-20(24)16(3)26-14-17-9-5-4-6-10-17/h4-12,15-16H,13-14H2,1-3H3,(H,22,25)(H,23,24). The van der Waals surface area contributed by atoms with Crippen molar-refractivity contribution in [2.24, 2.45) is 5.92 Å². The molecule has 0 fully saturated rings. The molecule has 2 aromatic carbocycles. The molecule has 0 saturated carbocycles. The van der Waals surface area contributed by atoms with Crippen molar-refractivity contribution in [3.63, 3.8) is 0 Å². The first-order valence-corrected chi connectivity index (χ1v) is 9.86. The maximum Gasteiger partial charge on any atom is 0.253 e. The SMILES string of the molecule is CC(C)CNC(=O)c1ccccc1NC(=O)C(C)SCc1ccccc1. The van der Waals surface area contributed by atoms with Crippen LogP contribution in [0.5, 0.6) is 0 Å². The fourth-order valence-electron chi connectivity index (χ4n) is 2.29. The number of benzene rings is 2. The smallest absolute Gasteiger partial charge is 0.253 e. The average molecular weight is 371 g/mol. The Kier molecular flexibility index (Phi) is 7.73. The van der Waals surface area contributed by atoms with E-state index in [2.05, 4.69) is 10.6 Å². The number of hydrogen-bond donors (Lipinski definition) is 2. The van der Waals surface area contributed by atoms with Crippen LogP contribution in [-0.2, 0) is 10.5 Å². The minimum absolute atomic E-state index is 0.102. The number of rotatable bonds is 8. The van der Waals surface area contributed by atoms with Crippen LogP contribution in [0.4, 0.5) is 5.69 Å². The fourth-order valence-corrected chi connectivity index (χ4v) is 3.13. The van der Waals surface area contributed by atoms with Gasteiger partial charge in [0.1, 0.15) is 0 Å². The highest BCUT2D eigenvalue weighted by atomic mass is 32.2. The highest BCUT2D eigenvalue weighted by Gasteiger charge is 2.17. The molecule has 26 heavy (non-hydrogen) atoms. The van der Waals surface area contributed by atoms with Gasteiger partial charge < -0.3 is 10.6 Å². The van der Waals surface area contributed by atoms with Gasteiger partial charge in [-0.3, -0.25) is 9.59 Å². The lowest BCUT2D eigenvalue weighted by atomic mass is 10.1. The maximum atomic E-state index is 12.5. The first-order valence-electron chi connectivity index (χ1n) is 8.81. The van der Waals surface area contributed by atoms with E-state index < -0.39 is 0 Å². The summed E-state index contributed by atoms with van der Waals surface area (Å²) >= 11 is 1.57. The molecule has 0 saturated heterocycles. The van der Waals surface area contributed by atoms with Gasteiger partial charge in [0.05, 0.1) is 16.5 Å². The molecule has 0 aromatic heterocycles. The van der Waals surface area contributed by atoms with Gasteiger partial charge in [0.2, 0.25) is 5.91 Å². The molecule has 1 unspecified atom stereocenters. The number of nitrogens with one attached hydrogen (secondary N) is 2. The number of anilines is 1. The Morgan fingerprint density at radius 1 is 0.962 bits per heavy atom. The molecular weight excluding hydrogens is 344 g/mol. The van der Waals surface area contributed by atoms with Crippen molar-refractivity contribution in [2.45, 2.75) is 31.8 Å². The summed E-state index contributed by atoms with van der Waals surface area (Å²) in [5.74, 6) is 0.871. The van der Waals surface area contributed by atoms with Crippen LogP contribution in [-0.4, -0.2) is 23.6 Å². The highest BCUT2D eigenvalue weighted by Crippen LogP contribution is 2.21. The van der Waals surface area contributed by atoms with Crippen LogP contribution in [0.1, 0.15) is 36.7 Å².